The third-order valence-electron chi connectivity index (χ3n) is 0.897. The van der Waals surface area contributed by atoms with E-state index in [1.165, 1.54) is 0 Å². The van der Waals surface area contributed by atoms with Gasteiger partial charge in [0.2, 0.25) is 0 Å². The average Bonchev–Trinajstić information content (AvgIpc) is 2.11. The molecule has 3 nitrogen and oxygen atoms in total. The Bertz CT molecular complexity index is 474. The van der Waals surface area contributed by atoms with Gasteiger partial charge in [-0.05, 0) is 28.0 Å². The largest absolute Gasteiger partial charge is 0.355 e. The van der Waals surface area contributed by atoms with Gasteiger partial charge in [0, 0.05) is 17.3 Å². The lowest BCUT2D eigenvalue weighted by molar-refractivity contribution is 0.0962. The molecule has 0 unspecified atom stereocenters. The Morgan fingerprint density at radius 1 is 1.91 bits per heavy atom. The van der Waals surface area contributed by atoms with Crippen molar-refractivity contribution in [2.45, 2.75) is 0 Å². The smallest absolute Gasteiger partial charge is 0.252 e. The van der Waals surface area contributed by atoms with Gasteiger partial charge >= 0.3 is 0 Å². The Morgan fingerprint density at radius 2 is 2.73 bits per heavy atom. The number of amides is 1. The summed E-state index contributed by atoms with van der Waals surface area (Å²) in [6, 6.07) is -0.921. The summed E-state index contributed by atoms with van der Waals surface area (Å²) in [6.07, 6.45) is -0.556. The van der Waals surface area contributed by atoms with E-state index < -0.39 is 30.7 Å². The average molecular weight is 221 g/mol. The van der Waals surface area contributed by atoms with Gasteiger partial charge < -0.3 is 5.32 Å². The van der Waals surface area contributed by atoms with Crippen LogP contribution in [-0.2, 0) is 0 Å². The number of nitrogens with one attached hydrogen (secondary N) is 1. The first-order valence-corrected chi connectivity index (χ1v) is 3.38. The summed E-state index contributed by atoms with van der Waals surface area (Å²) < 4.78 is 42.8. The fraction of sp³-hybridized carbons (Fsp3) is 0.143. The van der Waals surface area contributed by atoms with Crippen LogP contribution in [0.5, 0.6) is 0 Å². The van der Waals surface area contributed by atoms with Crippen LogP contribution in [0.3, 0.4) is 0 Å². The van der Waals surface area contributed by atoms with Gasteiger partial charge in [0.25, 0.3) is 5.91 Å². The van der Waals surface area contributed by atoms with Gasteiger partial charge in [-0.15, -0.1) is 0 Å². The van der Waals surface area contributed by atoms with Crippen LogP contribution in [0, 0.1) is 0 Å². The minimum atomic E-state index is -2.72. The number of rotatable bonds is 1. The molecule has 0 fully saturated rings. The van der Waals surface area contributed by atoms with Crippen molar-refractivity contribution in [3.05, 3.63) is 28.4 Å². The van der Waals surface area contributed by atoms with Gasteiger partial charge in [0.05, 0.1) is 9.68 Å². The number of hydrogen-bond acceptors (Lipinski definition) is 2. The highest BCUT2D eigenvalue weighted by atomic mass is 79.9. The third-order valence-corrected chi connectivity index (χ3v) is 1.27. The van der Waals surface area contributed by atoms with Crippen LogP contribution in [0.25, 0.3) is 0 Å². The number of carbonyl (C=O) groups excluding carboxylic acids is 1. The lowest BCUT2D eigenvalue weighted by atomic mass is 10.3. The van der Waals surface area contributed by atoms with Gasteiger partial charge in [0.15, 0.2) is 0 Å². The summed E-state index contributed by atoms with van der Waals surface area (Å²) in [5, 5.41) is 1.65. The van der Waals surface area contributed by atoms with Crippen LogP contribution in [0.2, 0.25) is 0 Å². The molecule has 1 amide bonds. The van der Waals surface area contributed by atoms with Crippen LogP contribution >= 0.6 is 15.9 Å². The van der Waals surface area contributed by atoms with Crippen molar-refractivity contribution in [2.75, 3.05) is 6.98 Å². The molecular formula is C7H7BrN2O. The van der Waals surface area contributed by atoms with Crippen LogP contribution in [0.1, 0.15) is 18.6 Å². The predicted octanol–water partition coefficient (Wildman–Crippen LogP) is 1.20. The van der Waals surface area contributed by atoms with E-state index in [4.69, 9.17) is 8.22 Å². The van der Waals surface area contributed by atoms with Crippen LogP contribution < -0.4 is 5.32 Å². The van der Waals surface area contributed by atoms with Gasteiger partial charge in [-0.1, -0.05) is 0 Å². The molecule has 0 saturated carbocycles. The van der Waals surface area contributed by atoms with E-state index in [0.717, 1.165) is 0 Å². The maximum Gasteiger partial charge on any atom is 0.252 e. The number of hydrogen-bond donors (Lipinski definition) is 1. The summed E-state index contributed by atoms with van der Waals surface area (Å²) in [5.41, 5.74) is -0.533. The fourth-order valence-electron chi connectivity index (χ4n) is 0.445. The van der Waals surface area contributed by atoms with Crippen molar-refractivity contribution in [1.29, 1.82) is 0 Å². The number of nitrogens with zero attached hydrogens (tertiary/aromatic N) is 1. The molecule has 1 N–H and O–H groups in total. The minimum Gasteiger partial charge on any atom is -0.355 e. The Hall–Kier alpha value is -0.900. The summed E-state index contributed by atoms with van der Waals surface area (Å²) in [7, 11) is 0. The first-order valence-electron chi connectivity index (χ1n) is 5.59. The van der Waals surface area contributed by atoms with E-state index in [0.29, 0.717) is 0 Å². The highest BCUT2D eigenvalue weighted by molar-refractivity contribution is 9.10. The monoisotopic (exact) mass is 220 g/mol. The molecule has 11 heavy (non-hydrogen) atoms. The van der Waals surface area contributed by atoms with Crippen molar-refractivity contribution in [3.8, 4) is 0 Å². The molecule has 4 heteroatoms. The number of carbonyl (C=O) groups is 1. The Balaban J connectivity index is 3.24. The van der Waals surface area contributed by atoms with Crippen molar-refractivity contribution in [3.63, 3.8) is 0 Å². The van der Waals surface area contributed by atoms with Crippen molar-refractivity contribution < 1.29 is 13.0 Å². The summed E-state index contributed by atoms with van der Waals surface area (Å²) in [4.78, 5) is 15.0. The molecule has 0 aromatic carbocycles. The van der Waals surface area contributed by atoms with Gasteiger partial charge in [0.1, 0.15) is 4.60 Å². The van der Waals surface area contributed by atoms with Gasteiger partial charge in [-0.25, -0.2) is 4.98 Å². The molecule has 0 spiro atoms. The van der Waals surface area contributed by atoms with Gasteiger partial charge in [-0.3, -0.25) is 4.79 Å². The van der Waals surface area contributed by atoms with E-state index in [2.05, 4.69) is 20.9 Å². The maximum atomic E-state index is 11.5. The molecule has 1 rings (SSSR count). The second-order valence-corrected chi connectivity index (χ2v) is 2.34. The summed E-state index contributed by atoms with van der Waals surface area (Å²) >= 11 is 2.86. The Morgan fingerprint density at radius 3 is 3.45 bits per heavy atom. The summed E-state index contributed by atoms with van der Waals surface area (Å²) in [5.74, 6) is -1.12. The fourth-order valence-corrected chi connectivity index (χ4v) is 0.633. The van der Waals surface area contributed by atoms with E-state index in [-0.39, 0.29) is 10.6 Å². The zero-order chi connectivity index (χ0) is 13.4. The normalized spacial score (nSPS) is 18.3. The van der Waals surface area contributed by atoms with Crippen LogP contribution in [-0.4, -0.2) is 17.9 Å². The second-order valence-electron chi connectivity index (χ2n) is 1.59. The molecule has 1 heterocycles. The Labute approximate surface area is 81.4 Å². The van der Waals surface area contributed by atoms with Gasteiger partial charge in [-0.2, -0.15) is 0 Å². The first kappa shape index (κ1) is 3.23. The predicted molar refractivity (Wildman–Crippen MR) is 45.3 cm³/mol. The maximum absolute atomic E-state index is 11.5. The second kappa shape index (κ2) is 3.48. The summed E-state index contributed by atoms with van der Waals surface area (Å²) in [6.45, 7) is -2.72. The van der Waals surface area contributed by atoms with E-state index in [1.54, 1.807) is 5.32 Å². The van der Waals surface area contributed by atoms with Crippen LogP contribution in [0.4, 0.5) is 0 Å². The number of halogens is 1. The molecule has 0 saturated heterocycles. The zero-order valence-electron chi connectivity index (χ0n) is 11.2. The van der Waals surface area contributed by atoms with Crippen molar-refractivity contribution >= 4 is 21.8 Å². The quantitative estimate of drug-likeness (QED) is 0.724. The third kappa shape index (κ3) is 2.01. The molecule has 1 aromatic rings. The molecular weight excluding hydrogens is 208 g/mol. The van der Waals surface area contributed by atoms with E-state index >= 15 is 0 Å². The standard InChI is InChI=1S/C7H7BrN2O/c1-9-7(11)5-2-3-6(8)10-4-5/h2-4H,1H3,(H,9,11)/i1D3,2D,3D,4D. The number of aromatic nitrogens is 1. The SMILES string of the molecule is [2H]c1nc(Br)c([2H])c([2H])c1C(=O)NC([2H])([2H])[2H]. The molecule has 0 radical (unpaired) electrons. The minimum absolute atomic E-state index is 0.0436. The molecule has 0 aliphatic carbocycles. The lowest BCUT2D eigenvalue weighted by Crippen LogP contribution is -2.17. The first-order chi connectivity index (χ1) is 7.63. The highest BCUT2D eigenvalue weighted by Gasteiger charge is 2.00. The lowest BCUT2D eigenvalue weighted by Gasteiger charge is -1.97. The molecule has 0 aliphatic rings. The molecule has 0 bridgehead atoms. The van der Waals surface area contributed by atoms with Crippen LogP contribution in [0.15, 0.2) is 22.9 Å². The molecule has 0 aliphatic heterocycles. The topological polar surface area (TPSA) is 42.0 Å². The van der Waals surface area contributed by atoms with Crippen molar-refractivity contribution in [2.24, 2.45) is 0 Å². The number of pyridine rings is 1. The zero-order valence-corrected chi connectivity index (χ0v) is 6.82. The van der Waals surface area contributed by atoms with E-state index in [9.17, 15) is 4.79 Å². The Kier molecular flexibility index (Phi) is 1.02. The molecule has 0 atom stereocenters. The highest BCUT2D eigenvalue weighted by Crippen LogP contribution is 2.05. The molecule has 58 valence electrons. The van der Waals surface area contributed by atoms with Crippen molar-refractivity contribution in [1.82, 2.24) is 10.3 Å². The molecule has 1 aromatic heterocycles. The van der Waals surface area contributed by atoms with E-state index in [1.807, 2.05) is 0 Å².